The molecule has 7 nitrogen and oxygen atoms in total. The van der Waals surface area contributed by atoms with Gasteiger partial charge in [0.2, 0.25) is 0 Å². The number of methoxy groups -OCH3 is 1. The summed E-state index contributed by atoms with van der Waals surface area (Å²) >= 11 is 0. The molecule has 0 aromatic heterocycles. The maximum absolute atomic E-state index is 11.9. The van der Waals surface area contributed by atoms with Gasteiger partial charge in [0.05, 0.1) is 17.7 Å². The predicted molar refractivity (Wildman–Crippen MR) is 74.1 cm³/mol. The minimum Gasteiger partial charge on any atom is -0.495 e. The highest BCUT2D eigenvalue weighted by Gasteiger charge is 2.18. The number of nitrogens with zero attached hydrogens (tertiary/aromatic N) is 1. The fourth-order valence-electron chi connectivity index (χ4n) is 2.32. The second-order valence-corrected chi connectivity index (χ2v) is 4.72. The Morgan fingerprint density at radius 3 is 2.70 bits per heavy atom. The molecule has 2 rings (SSSR count). The van der Waals surface area contributed by atoms with Gasteiger partial charge in [-0.15, -0.1) is 0 Å². The zero-order valence-corrected chi connectivity index (χ0v) is 11.2. The van der Waals surface area contributed by atoms with E-state index in [9.17, 15) is 14.9 Å². The highest BCUT2D eigenvalue weighted by atomic mass is 16.6. The van der Waals surface area contributed by atoms with Gasteiger partial charge in [-0.3, -0.25) is 10.1 Å². The summed E-state index contributed by atoms with van der Waals surface area (Å²) in [5.74, 6) is 0.386. The number of carbonyl (C=O) groups is 1. The lowest BCUT2D eigenvalue weighted by molar-refractivity contribution is -0.384. The van der Waals surface area contributed by atoms with Crippen LogP contribution in [0, 0.1) is 10.1 Å². The van der Waals surface area contributed by atoms with Crippen LogP contribution in [0.1, 0.15) is 25.7 Å². The van der Waals surface area contributed by atoms with Crippen LogP contribution in [-0.4, -0.2) is 24.1 Å². The van der Waals surface area contributed by atoms with Crippen molar-refractivity contribution < 1.29 is 14.5 Å². The fourth-order valence-corrected chi connectivity index (χ4v) is 2.32. The van der Waals surface area contributed by atoms with Gasteiger partial charge in [0, 0.05) is 18.2 Å². The summed E-state index contributed by atoms with van der Waals surface area (Å²) in [6, 6.07) is 3.89. The van der Waals surface area contributed by atoms with Crippen LogP contribution in [0.4, 0.5) is 16.2 Å². The molecule has 0 bridgehead atoms. The molecule has 2 N–H and O–H groups in total. The molecule has 20 heavy (non-hydrogen) atoms. The van der Waals surface area contributed by atoms with Crippen molar-refractivity contribution in [1.82, 2.24) is 5.32 Å². The molecule has 1 saturated carbocycles. The maximum atomic E-state index is 11.9. The molecular weight excluding hydrogens is 262 g/mol. The molecule has 0 spiro atoms. The standard InChI is InChI=1S/C13H17N3O4/c1-20-12-7-6-10(16(18)19)8-11(12)15-13(17)14-9-4-2-3-5-9/h6-9H,2-5H2,1H3,(H2,14,15,17). The monoisotopic (exact) mass is 279 g/mol. The summed E-state index contributed by atoms with van der Waals surface area (Å²) in [6.45, 7) is 0. The zero-order chi connectivity index (χ0) is 14.5. The Hall–Kier alpha value is -2.31. The lowest BCUT2D eigenvalue weighted by Gasteiger charge is -2.14. The third-order valence-corrected chi connectivity index (χ3v) is 3.33. The summed E-state index contributed by atoms with van der Waals surface area (Å²) < 4.78 is 5.09. The molecular formula is C13H17N3O4. The molecule has 1 aromatic carbocycles. The number of hydrogen-bond acceptors (Lipinski definition) is 4. The number of nitro benzene ring substituents is 1. The maximum Gasteiger partial charge on any atom is 0.319 e. The van der Waals surface area contributed by atoms with Crippen LogP contribution in [-0.2, 0) is 0 Å². The average molecular weight is 279 g/mol. The van der Waals surface area contributed by atoms with E-state index in [2.05, 4.69) is 10.6 Å². The van der Waals surface area contributed by atoms with Crippen molar-refractivity contribution in [1.29, 1.82) is 0 Å². The van der Waals surface area contributed by atoms with Gasteiger partial charge < -0.3 is 15.4 Å². The molecule has 7 heteroatoms. The Balaban J connectivity index is 2.07. The number of benzene rings is 1. The van der Waals surface area contributed by atoms with Crippen LogP contribution < -0.4 is 15.4 Å². The van der Waals surface area contributed by atoms with Gasteiger partial charge in [-0.25, -0.2) is 4.79 Å². The topological polar surface area (TPSA) is 93.5 Å². The highest BCUT2D eigenvalue weighted by molar-refractivity contribution is 5.91. The zero-order valence-electron chi connectivity index (χ0n) is 11.2. The number of nitrogens with one attached hydrogen (secondary N) is 2. The normalized spacial score (nSPS) is 14.8. The Morgan fingerprint density at radius 1 is 1.40 bits per heavy atom. The lowest BCUT2D eigenvalue weighted by Crippen LogP contribution is -2.36. The number of amides is 2. The summed E-state index contributed by atoms with van der Waals surface area (Å²) in [4.78, 5) is 22.1. The first-order chi connectivity index (χ1) is 9.60. The third-order valence-electron chi connectivity index (χ3n) is 3.33. The number of anilines is 1. The first kappa shape index (κ1) is 14.1. The predicted octanol–water partition coefficient (Wildman–Crippen LogP) is 2.67. The van der Waals surface area contributed by atoms with Crippen molar-refractivity contribution in [3.8, 4) is 5.75 Å². The van der Waals surface area contributed by atoms with Crippen LogP contribution in [0.25, 0.3) is 0 Å². The second kappa shape index (κ2) is 6.23. The van der Waals surface area contributed by atoms with Crippen molar-refractivity contribution in [3.05, 3.63) is 28.3 Å². The van der Waals surface area contributed by atoms with Crippen LogP contribution >= 0.6 is 0 Å². The van der Waals surface area contributed by atoms with E-state index in [1.54, 1.807) is 0 Å². The summed E-state index contributed by atoms with van der Waals surface area (Å²) in [5.41, 5.74) is 0.194. The Morgan fingerprint density at radius 2 is 2.10 bits per heavy atom. The molecule has 0 aliphatic heterocycles. The number of urea groups is 1. The van der Waals surface area contributed by atoms with Crippen LogP contribution in [0.15, 0.2) is 18.2 Å². The van der Waals surface area contributed by atoms with Crippen molar-refractivity contribution in [3.63, 3.8) is 0 Å². The summed E-state index contributed by atoms with van der Waals surface area (Å²) in [7, 11) is 1.45. The highest BCUT2D eigenvalue weighted by Crippen LogP contribution is 2.29. The number of non-ortho nitro benzene ring substituents is 1. The van der Waals surface area contributed by atoms with Gasteiger partial charge in [0.1, 0.15) is 5.75 Å². The van der Waals surface area contributed by atoms with Crippen molar-refractivity contribution in [2.24, 2.45) is 0 Å². The van der Waals surface area contributed by atoms with Crippen molar-refractivity contribution >= 4 is 17.4 Å². The van der Waals surface area contributed by atoms with E-state index < -0.39 is 4.92 Å². The van der Waals surface area contributed by atoms with Crippen LogP contribution in [0.5, 0.6) is 5.75 Å². The second-order valence-electron chi connectivity index (χ2n) is 4.72. The molecule has 108 valence electrons. The van der Waals surface area contributed by atoms with Gasteiger partial charge in [-0.2, -0.15) is 0 Å². The minimum absolute atomic E-state index is 0.0954. The SMILES string of the molecule is COc1ccc([N+](=O)[O-])cc1NC(=O)NC1CCCC1. The third kappa shape index (κ3) is 3.37. The average Bonchev–Trinajstić information content (AvgIpc) is 2.91. The van der Waals surface area contributed by atoms with E-state index in [4.69, 9.17) is 4.74 Å². The van der Waals surface area contributed by atoms with Gasteiger partial charge in [-0.05, 0) is 18.9 Å². The smallest absolute Gasteiger partial charge is 0.319 e. The van der Waals surface area contributed by atoms with E-state index in [1.165, 1.54) is 25.3 Å². The Labute approximate surface area is 116 Å². The fraction of sp³-hybridized carbons (Fsp3) is 0.462. The molecule has 0 radical (unpaired) electrons. The lowest BCUT2D eigenvalue weighted by atomic mass is 10.2. The Kier molecular flexibility index (Phi) is 4.39. The van der Waals surface area contributed by atoms with E-state index in [0.29, 0.717) is 5.75 Å². The molecule has 1 aromatic rings. The van der Waals surface area contributed by atoms with Crippen LogP contribution in [0.3, 0.4) is 0 Å². The molecule has 2 amide bonds. The van der Waals surface area contributed by atoms with Gasteiger partial charge in [0.25, 0.3) is 5.69 Å². The van der Waals surface area contributed by atoms with E-state index in [-0.39, 0.29) is 23.4 Å². The van der Waals surface area contributed by atoms with Gasteiger partial charge in [0.15, 0.2) is 0 Å². The number of carbonyl (C=O) groups excluding carboxylic acids is 1. The molecule has 0 heterocycles. The summed E-state index contributed by atoms with van der Waals surface area (Å²) in [5, 5.41) is 16.2. The molecule has 1 aliphatic carbocycles. The van der Waals surface area contributed by atoms with Gasteiger partial charge >= 0.3 is 6.03 Å². The summed E-state index contributed by atoms with van der Waals surface area (Å²) in [6.07, 6.45) is 4.18. The Bertz CT molecular complexity index is 512. The molecule has 1 fully saturated rings. The molecule has 0 unspecified atom stereocenters. The van der Waals surface area contributed by atoms with Crippen LogP contribution in [0.2, 0.25) is 0 Å². The van der Waals surface area contributed by atoms with Crippen molar-refractivity contribution in [2.75, 3.05) is 12.4 Å². The van der Waals surface area contributed by atoms with E-state index >= 15 is 0 Å². The molecule has 1 aliphatic rings. The number of rotatable bonds is 4. The first-order valence-electron chi connectivity index (χ1n) is 6.50. The minimum atomic E-state index is -0.514. The number of ether oxygens (including phenoxy) is 1. The molecule has 0 saturated heterocycles. The quantitative estimate of drug-likeness (QED) is 0.654. The van der Waals surface area contributed by atoms with Crippen molar-refractivity contribution in [2.45, 2.75) is 31.7 Å². The largest absolute Gasteiger partial charge is 0.495 e. The number of nitro groups is 1. The van der Waals surface area contributed by atoms with E-state index in [1.807, 2.05) is 0 Å². The van der Waals surface area contributed by atoms with Gasteiger partial charge in [-0.1, -0.05) is 12.8 Å². The first-order valence-corrected chi connectivity index (χ1v) is 6.50. The molecule has 0 atom stereocenters. The van der Waals surface area contributed by atoms with E-state index in [0.717, 1.165) is 25.7 Å². The number of hydrogen-bond donors (Lipinski definition) is 2.